The van der Waals surface area contributed by atoms with Gasteiger partial charge < -0.3 is 0 Å². The average molecular weight is 329 g/mol. The summed E-state index contributed by atoms with van der Waals surface area (Å²) in [6.45, 7) is 28.2. The highest BCUT2D eigenvalue weighted by Crippen LogP contribution is 2.23. The zero-order valence-electron chi connectivity index (χ0n) is 17.3. The topological polar surface area (TPSA) is 9.72 Å². The van der Waals surface area contributed by atoms with Crippen molar-refractivity contribution < 1.29 is 0 Å². The zero-order valence-corrected chi connectivity index (χ0v) is 18.3. The second kappa shape index (κ2) is 9.41. The van der Waals surface area contributed by atoms with Crippen molar-refractivity contribution in [3.05, 3.63) is 0 Å². The molecule has 0 bridgehead atoms. The lowest BCUT2D eigenvalue weighted by molar-refractivity contribution is 0.151. The average Bonchev–Trinajstić information content (AvgIpc) is 2.24. The molecule has 0 spiro atoms. The Kier molecular flexibility index (Phi) is 9.45. The second-order valence-corrected chi connectivity index (χ2v) is 10.2. The van der Waals surface area contributed by atoms with Gasteiger partial charge in [0.1, 0.15) is 0 Å². The van der Waals surface area contributed by atoms with Gasteiger partial charge in [-0.05, 0) is 36.3 Å². The minimum atomic E-state index is -0.957. The van der Waals surface area contributed by atoms with E-state index in [0.29, 0.717) is 36.3 Å². The van der Waals surface area contributed by atoms with E-state index in [0.717, 1.165) is 0 Å². The molecule has 0 rings (SSSR count). The number of hydrogen-bond donors (Lipinski definition) is 0. The minimum absolute atomic E-state index is 0.564. The van der Waals surface area contributed by atoms with Crippen LogP contribution in [0.5, 0.6) is 0 Å². The van der Waals surface area contributed by atoms with Crippen molar-refractivity contribution in [1.29, 1.82) is 0 Å². The molecule has 0 unspecified atom stereocenters. The van der Waals surface area contributed by atoms with Crippen molar-refractivity contribution in [3.63, 3.8) is 0 Å². The maximum atomic E-state index is 2.77. The molecular weight excluding hydrogens is 286 g/mol. The fourth-order valence-corrected chi connectivity index (χ4v) is 7.15. The van der Waals surface area contributed by atoms with Gasteiger partial charge in [0.15, 0.2) is 0 Å². The largest absolute Gasteiger partial charge is 0.328 e. The van der Waals surface area contributed by atoms with Crippen molar-refractivity contribution >= 4 is 9.28 Å². The Morgan fingerprint density at radius 2 is 0.500 bits per heavy atom. The lowest BCUT2D eigenvalue weighted by atomic mass is 10.3. The van der Waals surface area contributed by atoms with E-state index in [-0.39, 0.29) is 0 Å². The molecule has 133 valence electrons. The third-order valence-electron chi connectivity index (χ3n) is 4.03. The maximum Gasteiger partial charge on any atom is 0.328 e. The van der Waals surface area contributed by atoms with E-state index >= 15 is 0 Å². The normalized spacial score (nSPS) is 13.9. The molecule has 3 nitrogen and oxygen atoms in total. The van der Waals surface area contributed by atoms with E-state index in [2.05, 4.69) is 96.8 Å². The Morgan fingerprint density at radius 1 is 0.364 bits per heavy atom. The molecule has 0 N–H and O–H groups in total. The molecule has 0 aromatic heterocycles. The monoisotopic (exact) mass is 328 g/mol. The van der Waals surface area contributed by atoms with Gasteiger partial charge in [-0.2, -0.15) is 0 Å². The Labute approximate surface area is 142 Å². The number of nitrogens with zero attached hydrogens (tertiary/aromatic N) is 3. The van der Waals surface area contributed by atoms with Gasteiger partial charge >= 0.3 is 9.28 Å². The van der Waals surface area contributed by atoms with Crippen LogP contribution in [-0.4, -0.2) is 59.2 Å². The first-order valence-electron chi connectivity index (χ1n) is 9.15. The molecule has 0 aliphatic heterocycles. The molecular formula is C18H42N3Si. The third kappa shape index (κ3) is 5.62. The Balaban J connectivity index is 6.03. The molecule has 0 amide bonds. The van der Waals surface area contributed by atoms with Crippen molar-refractivity contribution in [2.75, 3.05) is 0 Å². The summed E-state index contributed by atoms with van der Waals surface area (Å²) in [5.41, 5.74) is 0. The summed E-state index contributed by atoms with van der Waals surface area (Å²) < 4.78 is 8.31. The van der Waals surface area contributed by atoms with E-state index in [9.17, 15) is 0 Å². The van der Waals surface area contributed by atoms with Crippen LogP contribution in [0.25, 0.3) is 0 Å². The van der Waals surface area contributed by atoms with Crippen molar-refractivity contribution in [2.24, 2.45) is 0 Å². The van der Waals surface area contributed by atoms with Crippen LogP contribution < -0.4 is 0 Å². The molecule has 0 fully saturated rings. The molecule has 0 atom stereocenters. The third-order valence-corrected chi connectivity index (χ3v) is 8.51. The second-order valence-electron chi connectivity index (χ2n) is 8.08. The van der Waals surface area contributed by atoms with Crippen LogP contribution in [0.1, 0.15) is 83.1 Å². The lowest BCUT2D eigenvalue weighted by Gasteiger charge is -2.52. The quantitative estimate of drug-likeness (QED) is 0.583. The molecule has 0 saturated heterocycles. The van der Waals surface area contributed by atoms with Crippen molar-refractivity contribution in [3.8, 4) is 0 Å². The zero-order chi connectivity index (χ0) is 17.8. The molecule has 4 heteroatoms. The summed E-state index contributed by atoms with van der Waals surface area (Å²) in [4.78, 5) is 0. The van der Waals surface area contributed by atoms with Crippen molar-refractivity contribution in [1.82, 2.24) is 13.7 Å². The van der Waals surface area contributed by atoms with Crippen molar-refractivity contribution in [2.45, 2.75) is 119 Å². The van der Waals surface area contributed by atoms with Gasteiger partial charge in [0.05, 0.1) is 0 Å². The summed E-state index contributed by atoms with van der Waals surface area (Å²) >= 11 is 0. The fraction of sp³-hybridized carbons (Fsp3) is 1.00. The molecule has 0 aliphatic carbocycles. The van der Waals surface area contributed by atoms with Crippen LogP contribution in [0.2, 0.25) is 0 Å². The first-order chi connectivity index (χ1) is 9.93. The summed E-state index contributed by atoms with van der Waals surface area (Å²) in [5, 5.41) is 0. The van der Waals surface area contributed by atoms with E-state index < -0.39 is 9.28 Å². The predicted molar refractivity (Wildman–Crippen MR) is 102 cm³/mol. The standard InChI is InChI=1S/C18H42N3Si/c1-13(2)19(14(3)4)22(20(15(5)6)16(7)8)21(17(9)10)18(11)12/h13-18H,1-12H3. The Bertz CT molecular complexity index is 229. The van der Waals surface area contributed by atoms with Gasteiger partial charge in [-0.3, -0.25) is 13.7 Å². The molecule has 0 saturated carbocycles. The highest BCUT2D eigenvalue weighted by molar-refractivity contribution is 6.50. The van der Waals surface area contributed by atoms with Gasteiger partial charge in [-0.1, -0.05) is 83.1 Å². The van der Waals surface area contributed by atoms with Gasteiger partial charge in [0.2, 0.25) is 0 Å². The van der Waals surface area contributed by atoms with Crippen LogP contribution in [0.15, 0.2) is 0 Å². The number of rotatable bonds is 9. The first-order valence-corrected chi connectivity index (χ1v) is 10.5. The smallest absolute Gasteiger partial charge is 0.294 e. The van der Waals surface area contributed by atoms with E-state index in [4.69, 9.17) is 0 Å². The molecule has 0 aromatic rings. The summed E-state index contributed by atoms with van der Waals surface area (Å²) in [5.74, 6) is 0. The minimum Gasteiger partial charge on any atom is -0.294 e. The first kappa shape index (κ1) is 22.1. The molecule has 22 heavy (non-hydrogen) atoms. The summed E-state index contributed by atoms with van der Waals surface area (Å²) in [6.07, 6.45) is 0. The van der Waals surface area contributed by atoms with E-state index in [1.807, 2.05) is 0 Å². The SMILES string of the molecule is CC(C)N(C(C)C)[Si](N(C(C)C)C(C)C)N(C(C)C)C(C)C. The Morgan fingerprint density at radius 3 is 0.591 bits per heavy atom. The van der Waals surface area contributed by atoms with Crippen LogP contribution in [0.4, 0.5) is 0 Å². The summed E-state index contributed by atoms with van der Waals surface area (Å²) in [7, 11) is -0.957. The highest BCUT2D eigenvalue weighted by Gasteiger charge is 2.42. The van der Waals surface area contributed by atoms with Crippen LogP contribution in [-0.2, 0) is 0 Å². The Hall–Kier alpha value is 0.0969. The van der Waals surface area contributed by atoms with Gasteiger partial charge in [0, 0.05) is 0 Å². The van der Waals surface area contributed by atoms with Gasteiger partial charge in [-0.15, -0.1) is 0 Å². The van der Waals surface area contributed by atoms with Crippen LogP contribution in [0.3, 0.4) is 0 Å². The van der Waals surface area contributed by atoms with Crippen LogP contribution in [0, 0.1) is 0 Å². The number of hydrogen-bond acceptors (Lipinski definition) is 3. The van der Waals surface area contributed by atoms with E-state index in [1.165, 1.54) is 0 Å². The highest BCUT2D eigenvalue weighted by atomic mass is 28.3. The molecule has 0 aromatic carbocycles. The van der Waals surface area contributed by atoms with E-state index in [1.54, 1.807) is 0 Å². The molecule has 1 radical (unpaired) electrons. The van der Waals surface area contributed by atoms with Gasteiger partial charge in [-0.25, -0.2) is 0 Å². The van der Waals surface area contributed by atoms with Crippen LogP contribution >= 0.6 is 0 Å². The molecule has 0 aliphatic rings. The summed E-state index contributed by atoms with van der Waals surface area (Å²) in [6, 6.07) is 3.38. The molecule has 0 heterocycles. The fourth-order valence-electron chi connectivity index (χ4n) is 3.57. The lowest BCUT2D eigenvalue weighted by Crippen LogP contribution is -2.71. The maximum absolute atomic E-state index is 2.77. The van der Waals surface area contributed by atoms with Gasteiger partial charge in [0.25, 0.3) is 0 Å². The predicted octanol–water partition coefficient (Wildman–Crippen LogP) is 4.33.